The summed E-state index contributed by atoms with van der Waals surface area (Å²) < 4.78 is 47.7. The van der Waals surface area contributed by atoms with Crippen LogP contribution in [0.4, 0.5) is 13.2 Å². The Kier molecular flexibility index (Phi) is 8.46. The van der Waals surface area contributed by atoms with Gasteiger partial charge in [0.15, 0.2) is 8.32 Å². The summed E-state index contributed by atoms with van der Waals surface area (Å²) in [6.07, 6.45) is -4.69. The molecule has 0 fully saturated rings. The SMILES string of the molecule is CN(C)C(C)(CO[Si](C)(C)C(C)(C)C)C(NC(=O)c1cc(C(F)(F)F)nc2ccccc12)c1ccccc1. The summed E-state index contributed by atoms with van der Waals surface area (Å²) in [4.78, 5) is 19.6. The van der Waals surface area contributed by atoms with Gasteiger partial charge < -0.3 is 9.74 Å². The lowest BCUT2D eigenvalue weighted by Crippen LogP contribution is -2.58. The second-order valence-corrected chi connectivity index (χ2v) is 16.5. The average Bonchev–Trinajstić information content (AvgIpc) is 2.84. The van der Waals surface area contributed by atoms with E-state index in [-0.39, 0.29) is 16.1 Å². The monoisotopic (exact) mass is 545 g/mol. The van der Waals surface area contributed by atoms with Gasteiger partial charge in [0.1, 0.15) is 5.69 Å². The van der Waals surface area contributed by atoms with Crippen LogP contribution in [0.3, 0.4) is 0 Å². The number of alkyl halides is 3. The van der Waals surface area contributed by atoms with Gasteiger partial charge in [0, 0.05) is 5.39 Å². The molecule has 1 heterocycles. The molecule has 0 aliphatic carbocycles. The minimum atomic E-state index is -4.69. The number of pyridine rings is 1. The van der Waals surface area contributed by atoms with Crippen molar-refractivity contribution in [1.82, 2.24) is 15.2 Å². The number of halogens is 3. The molecule has 0 bridgehead atoms. The molecule has 9 heteroatoms. The minimum absolute atomic E-state index is 0.0182. The van der Waals surface area contributed by atoms with Crippen molar-refractivity contribution in [3.05, 3.63) is 77.5 Å². The number of amides is 1. The average molecular weight is 546 g/mol. The third-order valence-electron chi connectivity index (χ3n) is 7.83. The van der Waals surface area contributed by atoms with Crippen molar-refractivity contribution >= 4 is 25.1 Å². The number of nitrogens with zero attached hydrogens (tertiary/aromatic N) is 2. The molecular weight excluding hydrogens is 507 g/mol. The fourth-order valence-electron chi connectivity index (χ4n) is 3.97. The highest BCUT2D eigenvalue weighted by molar-refractivity contribution is 6.74. The molecule has 0 aliphatic rings. The summed E-state index contributed by atoms with van der Waals surface area (Å²) in [6, 6.07) is 16.1. The van der Waals surface area contributed by atoms with E-state index in [2.05, 4.69) is 44.2 Å². The van der Waals surface area contributed by atoms with Crippen LogP contribution in [0.15, 0.2) is 60.7 Å². The van der Waals surface area contributed by atoms with Crippen LogP contribution in [-0.4, -0.2) is 50.3 Å². The minimum Gasteiger partial charge on any atom is -0.415 e. The largest absolute Gasteiger partial charge is 0.433 e. The predicted octanol–water partition coefficient (Wildman–Crippen LogP) is 7.07. The van der Waals surface area contributed by atoms with Crippen molar-refractivity contribution in [1.29, 1.82) is 0 Å². The van der Waals surface area contributed by atoms with E-state index in [0.717, 1.165) is 11.6 Å². The van der Waals surface area contributed by atoms with Gasteiger partial charge in [0.25, 0.3) is 5.91 Å². The number of nitrogens with one attached hydrogen (secondary N) is 1. The molecule has 0 radical (unpaired) electrons. The van der Waals surface area contributed by atoms with Crippen LogP contribution in [0, 0.1) is 0 Å². The molecule has 0 saturated heterocycles. The van der Waals surface area contributed by atoms with Crippen molar-refractivity contribution in [3.63, 3.8) is 0 Å². The molecular formula is C29H38F3N3O2Si. The first-order chi connectivity index (χ1) is 17.5. The third kappa shape index (κ3) is 6.27. The number of rotatable bonds is 8. The van der Waals surface area contributed by atoms with Gasteiger partial charge in [0.05, 0.1) is 29.3 Å². The van der Waals surface area contributed by atoms with Gasteiger partial charge in [-0.3, -0.25) is 9.69 Å². The summed E-state index contributed by atoms with van der Waals surface area (Å²) in [7, 11) is 1.69. The van der Waals surface area contributed by atoms with E-state index in [1.54, 1.807) is 18.2 Å². The molecule has 0 spiro atoms. The molecule has 3 aromatic rings. The Morgan fingerprint density at radius 3 is 2.13 bits per heavy atom. The lowest BCUT2D eigenvalue weighted by molar-refractivity contribution is -0.141. The predicted molar refractivity (Wildman–Crippen MR) is 149 cm³/mol. The number of carbonyl (C=O) groups is 1. The van der Waals surface area contributed by atoms with Gasteiger partial charge in [-0.05, 0) is 56.8 Å². The zero-order chi connectivity index (χ0) is 28.5. The zero-order valence-electron chi connectivity index (χ0n) is 23.4. The Morgan fingerprint density at radius 2 is 1.58 bits per heavy atom. The van der Waals surface area contributed by atoms with Gasteiger partial charge in [-0.1, -0.05) is 69.3 Å². The van der Waals surface area contributed by atoms with Crippen molar-refractivity contribution in [2.24, 2.45) is 0 Å². The van der Waals surface area contributed by atoms with E-state index in [9.17, 15) is 18.0 Å². The molecule has 0 aliphatic heterocycles. The molecule has 5 nitrogen and oxygen atoms in total. The molecule has 0 saturated carbocycles. The van der Waals surface area contributed by atoms with E-state index in [1.807, 2.05) is 56.3 Å². The highest BCUT2D eigenvalue weighted by atomic mass is 28.4. The maximum atomic E-state index is 13.8. The normalized spacial score (nSPS) is 15.4. The number of carbonyl (C=O) groups excluding carboxylic acids is 1. The molecule has 2 aromatic carbocycles. The first-order valence-electron chi connectivity index (χ1n) is 12.6. The van der Waals surface area contributed by atoms with Crippen molar-refractivity contribution in [2.45, 2.75) is 63.6 Å². The summed E-state index contributed by atoms with van der Waals surface area (Å²) >= 11 is 0. The van der Waals surface area contributed by atoms with Crippen LogP contribution >= 0.6 is 0 Å². The van der Waals surface area contributed by atoms with Crippen LogP contribution in [0.25, 0.3) is 10.9 Å². The number of aromatic nitrogens is 1. The summed E-state index contributed by atoms with van der Waals surface area (Å²) in [5, 5.41) is 3.41. The van der Waals surface area contributed by atoms with Crippen LogP contribution in [0.1, 0.15) is 55.4 Å². The van der Waals surface area contributed by atoms with Gasteiger partial charge in [-0.25, -0.2) is 4.98 Å². The fourth-order valence-corrected chi connectivity index (χ4v) is 5.06. The molecule has 1 amide bonds. The molecule has 3 rings (SSSR count). The van der Waals surface area contributed by atoms with Crippen molar-refractivity contribution in [2.75, 3.05) is 20.7 Å². The molecule has 2 unspecified atom stereocenters. The number of hydrogen-bond donors (Lipinski definition) is 1. The Labute approximate surface area is 224 Å². The number of likely N-dealkylation sites (N-methyl/N-ethyl adjacent to an activating group) is 1. The first kappa shape index (κ1) is 29.8. The van der Waals surface area contributed by atoms with E-state index < -0.39 is 37.7 Å². The summed E-state index contributed by atoms with van der Waals surface area (Å²) in [5.41, 5.74) is -0.961. The molecule has 2 atom stereocenters. The van der Waals surface area contributed by atoms with Gasteiger partial charge in [0.2, 0.25) is 0 Å². The number of benzene rings is 2. The van der Waals surface area contributed by atoms with Crippen LogP contribution < -0.4 is 5.32 Å². The Balaban J connectivity index is 2.10. The summed E-state index contributed by atoms with van der Waals surface area (Å²) in [5.74, 6) is -0.608. The topological polar surface area (TPSA) is 54.5 Å². The third-order valence-corrected chi connectivity index (χ3v) is 12.3. The lowest BCUT2D eigenvalue weighted by atomic mass is 9.86. The number of fused-ring (bicyclic) bond motifs is 1. The smallest absolute Gasteiger partial charge is 0.415 e. The van der Waals surface area contributed by atoms with Crippen LogP contribution in [0.2, 0.25) is 18.1 Å². The van der Waals surface area contributed by atoms with Crippen LogP contribution in [-0.2, 0) is 10.6 Å². The Morgan fingerprint density at radius 1 is 1.00 bits per heavy atom. The van der Waals surface area contributed by atoms with Crippen LogP contribution in [0.5, 0.6) is 0 Å². The van der Waals surface area contributed by atoms with Crippen molar-refractivity contribution < 1.29 is 22.4 Å². The number of hydrogen-bond acceptors (Lipinski definition) is 4. The standard InChI is InChI=1S/C29H38F3N3O2Si/c1-27(2,3)38(7,8)37-19-28(4,35(5)6)25(20-14-10-9-11-15-20)34-26(36)22-18-24(29(30,31)32)33-23-17-13-12-16-21(22)23/h9-18,25H,19H2,1-8H3,(H,34,36). The fraction of sp³-hybridized carbons (Fsp3) is 0.448. The Bertz CT molecular complexity index is 1270. The van der Waals surface area contributed by atoms with Gasteiger partial charge in [-0.15, -0.1) is 0 Å². The molecule has 38 heavy (non-hydrogen) atoms. The van der Waals surface area contributed by atoms with E-state index in [4.69, 9.17) is 4.43 Å². The van der Waals surface area contributed by atoms with Gasteiger partial charge in [-0.2, -0.15) is 13.2 Å². The van der Waals surface area contributed by atoms with E-state index >= 15 is 0 Å². The maximum absolute atomic E-state index is 13.8. The second kappa shape index (κ2) is 10.8. The van der Waals surface area contributed by atoms with E-state index in [0.29, 0.717) is 12.0 Å². The second-order valence-electron chi connectivity index (χ2n) is 11.7. The molecule has 1 N–H and O–H groups in total. The zero-order valence-corrected chi connectivity index (χ0v) is 24.4. The van der Waals surface area contributed by atoms with E-state index in [1.165, 1.54) is 6.07 Å². The quantitative estimate of drug-likeness (QED) is 0.308. The van der Waals surface area contributed by atoms with Gasteiger partial charge >= 0.3 is 6.18 Å². The number of para-hydroxylation sites is 1. The molecule has 206 valence electrons. The summed E-state index contributed by atoms with van der Waals surface area (Å²) in [6.45, 7) is 13.1. The Hall–Kier alpha value is -2.75. The maximum Gasteiger partial charge on any atom is 0.433 e. The molecule has 1 aromatic heterocycles. The highest BCUT2D eigenvalue weighted by Gasteiger charge is 2.44. The first-order valence-corrected chi connectivity index (χ1v) is 15.5. The lowest BCUT2D eigenvalue weighted by Gasteiger charge is -2.46. The highest BCUT2D eigenvalue weighted by Crippen LogP contribution is 2.39. The van der Waals surface area contributed by atoms with Crippen molar-refractivity contribution in [3.8, 4) is 0 Å².